The van der Waals surface area contributed by atoms with Crippen molar-refractivity contribution in [2.75, 3.05) is 0 Å². The van der Waals surface area contributed by atoms with Gasteiger partial charge in [0, 0.05) is 12.1 Å². The van der Waals surface area contributed by atoms with E-state index in [1.165, 1.54) is 0 Å². The second-order valence-electron chi connectivity index (χ2n) is 3.44. The first kappa shape index (κ1) is 14.6. The summed E-state index contributed by atoms with van der Waals surface area (Å²) in [5.74, 6) is -1.32. The maximum Gasteiger partial charge on any atom is 0.312 e. The molecule has 7 nitrogen and oxygen atoms in total. The lowest BCUT2D eigenvalue weighted by atomic mass is 10.3. The highest BCUT2D eigenvalue weighted by Gasteiger charge is 2.21. The molecule has 1 aromatic heterocycles. The van der Waals surface area contributed by atoms with E-state index >= 15 is 0 Å². The quantitative estimate of drug-likeness (QED) is 0.621. The van der Waals surface area contributed by atoms with Crippen LogP contribution in [0.4, 0.5) is 10.1 Å². The molecule has 1 aromatic carbocycles. The van der Waals surface area contributed by atoms with Crippen molar-refractivity contribution in [2.24, 2.45) is 0 Å². The Morgan fingerprint density at radius 1 is 1.40 bits per heavy atom. The SMILES string of the molecule is O=c1[nH]cnc(Oc2cc(F)c(Br)cc2[N+](=O)[O-])c1Br. The van der Waals surface area contributed by atoms with Gasteiger partial charge in [0.15, 0.2) is 0 Å². The maximum absolute atomic E-state index is 13.5. The van der Waals surface area contributed by atoms with Gasteiger partial charge in [-0.1, -0.05) is 0 Å². The minimum atomic E-state index is -0.744. The van der Waals surface area contributed by atoms with E-state index in [-0.39, 0.29) is 20.6 Å². The van der Waals surface area contributed by atoms with Gasteiger partial charge >= 0.3 is 5.69 Å². The van der Waals surface area contributed by atoms with Crippen molar-refractivity contribution in [1.29, 1.82) is 0 Å². The molecule has 0 aliphatic rings. The van der Waals surface area contributed by atoms with E-state index in [2.05, 4.69) is 41.8 Å². The summed E-state index contributed by atoms with van der Waals surface area (Å²) in [5.41, 5.74) is -0.998. The highest BCUT2D eigenvalue weighted by molar-refractivity contribution is 9.10. The molecule has 20 heavy (non-hydrogen) atoms. The Hall–Kier alpha value is -1.81. The molecule has 0 aliphatic heterocycles. The number of rotatable bonds is 3. The normalized spacial score (nSPS) is 10.3. The van der Waals surface area contributed by atoms with Gasteiger partial charge in [0.1, 0.15) is 10.3 Å². The van der Waals surface area contributed by atoms with Crippen LogP contribution in [0, 0.1) is 15.9 Å². The van der Waals surface area contributed by atoms with Crippen molar-refractivity contribution in [3.8, 4) is 11.6 Å². The molecule has 0 fully saturated rings. The molecule has 0 aliphatic carbocycles. The van der Waals surface area contributed by atoms with E-state index in [0.717, 1.165) is 18.5 Å². The van der Waals surface area contributed by atoms with E-state index in [9.17, 15) is 19.3 Å². The molecule has 2 rings (SSSR count). The van der Waals surface area contributed by atoms with Crippen LogP contribution in [0.25, 0.3) is 0 Å². The summed E-state index contributed by atoms with van der Waals surface area (Å²) in [6, 6.07) is 1.79. The van der Waals surface area contributed by atoms with Crippen molar-refractivity contribution < 1.29 is 14.1 Å². The summed E-state index contributed by atoms with van der Waals surface area (Å²) in [4.78, 5) is 27.5. The van der Waals surface area contributed by atoms with Crippen LogP contribution in [0.5, 0.6) is 11.6 Å². The van der Waals surface area contributed by atoms with Crippen LogP contribution < -0.4 is 10.3 Å². The number of aromatic nitrogens is 2. The van der Waals surface area contributed by atoms with Gasteiger partial charge in [0.25, 0.3) is 5.56 Å². The van der Waals surface area contributed by atoms with Gasteiger partial charge in [0.2, 0.25) is 11.6 Å². The molecule has 104 valence electrons. The monoisotopic (exact) mass is 407 g/mol. The molecule has 0 amide bonds. The van der Waals surface area contributed by atoms with Gasteiger partial charge in [-0.05, 0) is 31.9 Å². The summed E-state index contributed by atoms with van der Waals surface area (Å²) < 4.78 is 18.5. The summed E-state index contributed by atoms with van der Waals surface area (Å²) in [6.45, 7) is 0. The molecule has 0 unspecified atom stereocenters. The highest BCUT2D eigenvalue weighted by atomic mass is 79.9. The molecule has 0 saturated carbocycles. The zero-order chi connectivity index (χ0) is 14.9. The topological polar surface area (TPSA) is 98.1 Å². The number of aromatic amines is 1. The lowest BCUT2D eigenvalue weighted by Gasteiger charge is -2.07. The fourth-order valence-corrected chi connectivity index (χ4v) is 1.91. The van der Waals surface area contributed by atoms with Crippen LogP contribution in [-0.2, 0) is 0 Å². The first-order valence-electron chi connectivity index (χ1n) is 4.94. The molecular weight excluding hydrogens is 405 g/mol. The van der Waals surface area contributed by atoms with Gasteiger partial charge in [-0.15, -0.1) is 0 Å². The number of nitrogens with one attached hydrogen (secondary N) is 1. The number of nitrogens with zero attached hydrogens (tertiary/aromatic N) is 2. The Morgan fingerprint density at radius 3 is 2.75 bits per heavy atom. The Morgan fingerprint density at radius 2 is 2.10 bits per heavy atom. The van der Waals surface area contributed by atoms with Crippen LogP contribution in [0.15, 0.2) is 32.2 Å². The second kappa shape index (κ2) is 5.67. The van der Waals surface area contributed by atoms with E-state index < -0.39 is 22.0 Å². The van der Waals surface area contributed by atoms with Gasteiger partial charge < -0.3 is 9.72 Å². The molecule has 0 bridgehead atoms. The first-order valence-corrected chi connectivity index (χ1v) is 6.53. The number of halogens is 3. The lowest BCUT2D eigenvalue weighted by molar-refractivity contribution is -0.385. The maximum atomic E-state index is 13.5. The number of hydrogen-bond acceptors (Lipinski definition) is 5. The molecule has 1 heterocycles. The van der Waals surface area contributed by atoms with Gasteiger partial charge in [-0.2, -0.15) is 0 Å². The van der Waals surface area contributed by atoms with Crippen molar-refractivity contribution in [3.05, 3.63) is 53.7 Å². The zero-order valence-electron chi connectivity index (χ0n) is 9.39. The predicted molar refractivity (Wildman–Crippen MR) is 73.4 cm³/mol. The van der Waals surface area contributed by atoms with Gasteiger partial charge in [-0.25, -0.2) is 9.37 Å². The number of nitro groups is 1. The van der Waals surface area contributed by atoms with Crippen LogP contribution in [0.1, 0.15) is 0 Å². The fourth-order valence-electron chi connectivity index (χ4n) is 1.28. The lowest BCUT2D eigenvalue weighted by Crippen LogP contribution is -2.08. The molecule has 0 saturated heterocycles. The Labute approximate surface area is 127 Å². The number of ether oxygens (including phenoxy) is 1. The Kier molecular flexibility index (Phi) is 4.14. The van der Waals surface area contributed by atoms with Crippen molar-refractivity contribution in [1.82, 2.24) is 9.97 Å². The summed E-state index contributed by atoms with van der Waals surface area (Å²) in [7, 11) is 0. The Bertz CT molecular complexity index is 750. The largest absolute Gasteiger partial charge is 0.430 e. The minimum Gasteiger partial charge on any atom is -0.430 e. The molecule has 0 atom stereocenters. The third-order valence-corrected chi connectivity index (χ3v) is 3.48. The van der Waals surface area contributed by atoms with Crippen molar-refractivity contribution in [3.63, 3.8) is 0 Å². The third-order valence-electron chi connectivity index (χ3n) is 2.17. The molecule has 10 heteroatoms. The number of benzene rings is 1. The molecule has 2 aromatic rings. The molecular formula is C10H4Br2FN3O4. The van der Waals surface area contributed by atoms with Crippen LogP contribution in [0.2, 0.25) is 0 Å². The number of hydrogen-bond donors (Lipinski definition) is 1. The number of nitro benzene ring substituents is 1. The average molecular weight is 409 g/mol. The Balaban J connectivity index is 2.53. The molecule has 0 spiro atoms. The minimum absolute atomic E-state index is 0.0578. The van der Waals surface area contributed by atoms with E-state index in [1.807, 2.05) is 0 Å². The standard InChI is InChI=1S/C10H4Br2FN3O4/c11-4-1-6(16(18)19)7(2-5(4)13)20-10-8(12)9(17)14-3-15-10/h1-3H,(H,14,15,17). The third kappa shape index (κ3) is 2.85. The average Bonchev–Trinajstić information content (AvgIpc) is 2.38. The summed E-state index contributed by atoms with van der Waals surface area (Å²) >= 11 is 5.77. The fraction of sp³-hybridized carbons (Fsp3) is 0. The van der Waals surface area contributed by atoms with Gasteiger partial charge in [-0.3, -0.25) is 14.9 Å². The van der Waals surface area contributed by atoms with E-state index in [1.54, 1.807) is 0 Å². The van der Waals surface area contributed by atoms with Crippen molar-refractivity contribution in [2.45, 2.75) is 0 Å². The van der Waals surface area contributed by atoms with Crippen molar-refractivity contribution >= 4 is 37.5 Å². The molecule has 1 N–H and O–H groups in total. The highest BCUT2D eigenvalue weighted by Crippen LogP contribution is 2.36. The zero-order valence-corrected chi connectivity index (χ0v) is 12.6. The van der Waals surface area contributed by atoms with E-state index in [4.69, 9.17) is 4.74 Å². The first-order chi connectivity index (χ1) is 9.40. The smallest absolute Gasteiger partial charge is 0.312 e. The second-order valence-corrected chi connectivity index (χ2v) is 5.09. The predicted octanol–water partition coefficient (Wildman–Crippen LogP) is 3.13. The summed E-state index contributed by atoms with van der Waals surface area (Å²) in [6.07, 6.45) is 1.06. The van der Waals surface area contributed by atoms with E-state index in [0.29, 0.717) is 0 Å². The van der Waals surface area contributed by atoms with Gasteiger partial charge in [0.05, 0.1) is 15.7 Å². The van der Waals surface area contributed by atoms with Crippen LogP contribution in [0.3, 0.4) is 0 Å². The molecule has 0 radical (unpaired) electrons. The van der Waals surface area contributed by atoms with Crippen LogP contribution >= 0.6 is 31.9 Å². The summed E-state index contributed by atoms with van der Waals surface area (Å²) in [5, 5.41) is 10.9. The van der Waals surface area contributed by atoms with Crippen LogP contribution in [-0.4, -0.2) is 14.9 Å². The number of H-pyrrole nitrogens is 1.